The molecule has 0 bridgehead atoms. The number of aliphatic hydroxyl groups is 1. The molecule has 1 atom stereocenters. The average Bonchev–Trinajstić information content (AvgIpc) is 2.07. The molecule has 0 aromatic carbocycles. The quantitative estimate of drug-likeness (QED) is 0.627. The number of nitrogens with zero attached hydrogens (tertiary/aromatic N) is 2. The molecule has 2 N–H and O–H groups in total. The van der Waals surface area contributed by atoms with Crippen molar-refractivity contribution in [2.24, 2.45) is 0 Å². The van der Waals surface area contributed by atoms with Crippen molar-refractivity contribution in [1.29, 1.82) is 0 Å². The number of hydrogen-bond donors (Lipinski definition) is 2. The van der Waals surface area contributed by atoms with E-state index in [1.807, 2.05) is 0 Å². The van der Waals surface area contributed by atoms with Crippen LogP contribution in [0.4, 0.5) is 0 Å². The summed E-state index contributed by atoms with van der Waals surface area (Å²) in [6, 6.07) is 0. The Morgan fingerprint density at radius 1 is 1.64 bits per heavy atom. The van der Waals surface area contributed by atoms with E-state index in [-0.39, 0.29) is 0 Å². The fourth-order valence-electron chi connectivity index (χ4n) is 0.781. The van der Waals surface area contributed by atoms with Crippen LogP contribution >= 0.6 is 0 Å². The maximum atomic E-state index is 9.36. The Bertz CT molecular complexity index is 202. The largest absolute Gasteiger partial charge is 0.385 e. The maximum absolute atomic E-state index is 9.36. The van der Waals surface area contributed by atoms with Gasteiger partial charge < -0.3 is 10.4 Å². The van der Waals surface area contributed by atoms with Crippen LogP contribution < -0.4 is 5.32 Å². The summed E-state index contributed by atoms with van der Waals surface area (Å²) in [4.78, 5) is 7.78. The Labute approximate surface area is 65.3 Å². The third-order valence-electron chi connectivity index (χ3n) is 1.32. The highest BCUT2D eigenvalue weighted by Crippen LogP contribution is 2.04. The highest BCUT2D eigenvalue weighted by atomic mass is 16.3. The van der Waals surface area contributed by atoms with E-state index in [2.05, 4.69) is 15.3 Å². The normalized spacial score (nSPS) is 12.9. The van der Waals surface area contributed by atoms with Crippen LogP contribution in [0.2, 0.25) is 0 Å². The predicted octanol–water partition coefficient (Wildman–Crippen LogP) is -0.271. The Balaban J connectivity index is 2.61. The first-order valence-corrected chi connectivity index (χ1v) is 3.43. The lowest BCUT2D eigenvalue weighted by atomic mass is 10.3. The van der Waals surface area contributed by atoms with E-state index in [4.69, 9.17) is 0 Å². The summed E-state index contributed by atoms with van der Waals surface area (Å²) < 4.78 is 0. The van der Waals surface area contributed by atoms with Crippen molar-refractivity contribution in [3.05, 3.63) is 24.3 Å². The Morgan fingerprint density at radius 3 is 3.00 bits per heavy atom. The van der Waals surface area contributed by atoms with Crippen LogP contribution in [-0.2, 0) is 0 Å². The number of rotatable bonds is 3. The topological polar surface area (TPSA) is 58.0 Å². The molecule has 1 heterocycles. The SMILES string of the molecule is CNCC(O)c1cnccn1. The zero-order valence-corrected chi connectivity index (χ0v) is 6.36. The van der Waals surface area contributed by atoms with Gasteiger partial charge in [-0.1, -0.05) is 0 Å². The first-order valence-electron chi connectivity index (χ1n) is 3.43. The molecule has 1 aromatic heterocycles. The van der Waals surface area contributed by atoms with E-state index in [1.54, 1.807) is 25.6 Å². The number of hydrogen-bond acceptors (Lipinski definition) is 4. The first kappa shape index (κ1) is 8.10. The Kier molecular flexibility index (Phi) is 2.95. The monoisotopic (exact) mass is 153 g/mol. The van der Waals surface area contributed by atoms with Crippen molar-refractivity contribution in [3.8, 4) is 0 Å². The molecule has 60 valence electrons. The first-order chi connectivity index (χ1) is 5.34. The minimum Gasteiger partial charge on any atom is -0.385 e. The molecule has 0 aliphatic heterocycles. The van der Waals surface area contributed by atoms with Crippen LogP contribution in [0.1, 0.15) is 11.8 Å². The molecule has 0 fully saturated rings. The standard InChI is InChI=1S/C7H11N3O/c1-8-5-7(11)6-4-9-2-3-10-6/h2-4,7-8,11H,5H2,1H3. The van der Waals surface area contributed by atoms with Crippen LogP contribution in [0.15, 0.2) is 18.6 Å². The van der Waals surface area contributed by atoms with Crippen LogP contribution in [-0.4, -0.2) is 28.7 Å². The number of likely N-dealkylation sites (N-methyl/N-ethyl adjacent to an activating group) is 1. The third-order valence-corrected chi connectivity index (χ3v) is 1.32. The summed E-state index contributed by atoms with van der Waals surface area (Å²) in [5.41, 5.74) is 0.599. The summed E-state index contributed by atoms with van der Waals surface area (Å²) >= 11 is 0. The van der Waals surface area contributed by atoms with Crippen molar-refractivity contribution >= 4 is 0 Å². The van der Waals surface area contributed by atoms with Crippen molar-refractivity contribution in [2.45, 2.75) is 6.10 Å². The third kappa shape index (κ3) is 2.25. The molecule has 1 aromatic rings. The molecule has 0 aliphatic carbocycles. The molecule has 0 aliphatic rings. The second-order valence-corrected chi connectivity index (χ2v) is 2.20. The fraction of sp³-hybridized carbons (Fsp3) is 0.429. The highest BCUT2D eigenvalue weighted by Gasteiger charge is 2.05. The highest BCUT2D eigenvalue weighted by molar-refractivity contribution is 4.99. The number of aromatic nitrogens is 2. The van der Waals surface area contributed by atoms with Gasteiger partial charge in [-0.3, -0.25) is 9.97 Å². The van der Waals surface area contributed by atoms with Gasteiger partial charge in [-0.15, -0.1) is 0 Å². The lowest BCUT2D eigenvalue weighted by Crippen LogP contribution is -2.17. The summed E-state index contributed by atoms with van der Waals surface area (Å²) in [5.74, 6) is 0. The predicted molar refractivity (Wildman–Crippen MR) is 40.9 cm³/mol. The lowest BCUT2D eigenvalue weighted by molar-refractivity contribution is 0.172. The molecule has 11 heavy (non-hydrogen) atoms. The zero-order valence-electron chi connectivity index (χ0n) is 6.36. The molecular weight excluding hydrogens is 142 g/mol. The fourth-order valence-corrected chi connectivity index (χ4v) is 0.781. The van der Waals surface area contributed by atoms with E-state index in [0.29, 0.717) is 12.2 Å². The molecule has 0 saturated carbocycles. The summed E-state index contributed by atoms with van der Waals surface area (Å²) in [7, 11) is 1.78. The van der Waals surface area contributed by atoms with Crippen molar-refractivity contribution < 1.29 is 5.11 Å². The van der Waals surface area contributed by atoms with E-state index in [0.717, 1.165) is 0 Å². The minimum absolute atomic E-state index is 0.499. The van der Waals surface area contributed by atoms with E-state index >= 15 is 0 Å². The molecule has 0 amide bonds. The Hall–Kier alpha value is -1.00. The van der Waals surface area contributed by atoms with Crippen molar-refractivity contribution in [3.63, 3.8) is 0 Å². The zero-order chi connectivity index (χ0) is 8.10. The molecular formula is C7H11N3O. The minimum atomic E-state index is -0.561. The van der Waals surface area contributed by atoms with Crippen molar-refractivity contribution in [2.75, 3.05) is 13.6 Å². The second-order valence-electron chi connectivity index (χ2n) is 2.20. The van der Waals surface area contributed by atoms with Gasteiger partial charge in [-0.05, 0) is 7.05 Å². The average molecular weight is 153 g/mol. The van der Waals surface area contributed by atoms with Crippen LogP contribution in [0, 0.1) is 0 Å². The molecule has 4 heteroatoms. The Morgan fingerprint density at radius 2 is 2.45 bits per heavy atom. The van der Waals surface area contributed by atoms with Crippen molar-refractivity contribution in [1.82, 2.24) is 15.3 Å². The van der Waals surface area contributed by atoms with E-state index in [9.17, 15) is 5.11 Å². The summed E-state index contributed by atoms with van der Waals surface area (Å²) in [6.45, 7) is 0.499. The molecule has 0 spiro atoms. The van der Waals surface area contributed by atoms with Gasteiger partial charge in [-0.2, -0.15) is 0 Å². The molecule has 0 saturated heterocycles. The lowest BCUT2D eigenvalue weighted by Gasteiger charge is -2.06. The van der Waals surface area contributed by atoms with Gasteiger partial charge in [0.1, 0.15) is 6.10 Å². The van der Waals surface area contributed by atoms with Gasteiger partial charge in [0.2, 0.25) is 0 Å². The molecule has 1 unspecified atom stereocenters. The molecule has 4 nitrogen and oxygen atoms in total. The van der Waals surface area contributed by atoms with Crippen LogP contribution in [0.25, 0.3) is 0 Å². The van der Waals surface area contributed by atoms with E-state index < -0.39 is 6.10 Å². The summed E-state index contributed by atoms with van der Waals surface area (Å²) in [5, 5.41) is 12.2. The van der Waals surface area contributed by atoms with E-state index in [1.165, 1.54) is 0 Å². The van der Waals surface area contributed by atoms with Crippen LogP contribution in [0.5, 0.6) is 0 Å². The maximum Gasteiger partial charge on any atom is 0.110 e. The van der Waals surface area contributed by atoms with Gasteiger partial charge >= 0.3 is 0 Å². The van der Waals surface area contributed by atoms with Crippen LogP contribution in [0.3, 0.4) is 0 Å². The second kappa shape index (κ2) is 4.00. The van der Waals surface area contributed by atoms with Gasteiger partial charge in [0.15, 0.2) is 0 Å². The van der Waals surface area contributed by atoms with Gasteiger partial charge in [-0.25, -0.2) is 0 Å². The van der Waals surface area contributed by atoms with Gasteiger partial charge in [0.05, 0.1) is 11.9 Å². The van der Waals surface area contributed by atoms with Gasteiger partial charge in [0.25, 0.3) is 0 Å². The van der Waals surface area contributed by atoms with Gasteiger partial charge in [0, 0.05) is 18.9 Å². The molecule has 1 rings (SSSR count). The molecule has 0 radical (unpaired) electrons. The summed E-state index contributed by atoms with van der Waals surface area (Å²) in [6.07, 6.45) is 4.14. The smallest absolute Gasteiger partial charge is 0.110 e. The number of aliphatic hydroxyl groups excluding tert-OH is 1. The number of nitrogens with one attached hydrogen (secondary N) is 1.